The van der Waals surface area contributed by atoms with Crippen molar-refractivity contribution in [2.75, 3.05) is 93.0 Å². The lowest BCUT2D eigenvalue weighted by Gasteiger charge is -2.31. The summed E-state index contributed by atoms with van der Waals surface area (Å²) in [5.74, 6) is -6.86. The maximum atomic E-state index is 14.4. The Kier molecular flexibility index (Phi) is 20.7. The number of ether oxygens (including phenoxy) is 2. The van der Waals surface area contributed by atoms with Gasteiger partial charge in [0, 0.05) is 62.6 Å². The molecule has 2 aliphatic heterocycles. The molecule has 0 spiro atoms. The van der Waals surface area contributed by atoms with Crippen molar-refractivity contribution in [3.05, 3.63) is 82.2 Å². The van der Waals surface area contributed by atoms with E-state index < -0.39 is 66.0 Å². The molecule has 0 bridgehead atoms. The Morgan fingerprint density at radius 2 is 1.14 bits per heavy atom. The Bertz CT molecular complexity index is 2750. The Balaban J connectivity index is 0.000000271. The summed E-state index contributed by atoms with van der Waals surface area (Å²) in [7, 11) is -4.30. The van der Waals surface area contributed by atoms with Gasteiger partial charge in [-0.05, 0) is 75.3 Å². The number of nitrogen functional groups attached to an aromatic ring is 2. The number of alkyl halides is 1. The minimum absolute atomic E-state index is 0.000361. The number of rotatable bonds is 22. The number of nitrogens with zero attached hydrogens (tertiary/aromatic N) is 6. The van der Waals surface area contributed by atoms with Crippen LogP contribution in [0.2, 0.25) is 0 Å². The zero-order valence-electron chi connectivity index (χ0n) is 40.1. The van der Waals surface area contributed by atoms with E-state index in [1.165, 1.54) is 22.8 Å². The third-order valence-corrected chi connectivity index (χ3v) is 16.2. The van der Waals surface area contributed by atoms with Gasteiger partial charge in [0.15, 0.2) is 23.3 Å². The molecule has 4 aromatic rings. The molecule has 20 nitrogen and oxygen atoms in total. The van der Waals surface area contributed by atoms with Gasteiger partial charge in [-0.25, -0.2) is 53.0 Å². The molecule has 27 heteroatoms. The number of nitrogens with one attached hydrogen (secondary N) is 3. The summed E-state index contributed by atoms with van der Waals surface area (Å²) >= 11 is 5.59. The van der Waals surface area contributed by atoms with Crippen LogP contribution < -0.4 is 36.9 Å². The number of ketones is 2. The predicted octanol–water partition coefficient (Wildman–Crippen LogP) is 4.19. The second-order valence-electron chi connectivity index (χ2n) is 17.2. The minimum Gasteiger partial charge on any atom is -0.496 e. The summed E-state index contributed by atoms with van der Waals surface area (Å²) in [5, 5.41) is 18.7. The average molecular weight is 1070 g/mol. The van der Waals surface area contributed by atoms with E-state index in [4.69, 9.17) is 32.5 Å². The van der Waals surface area contributed by atoms with Crippen molar-refractivity contribution in [1.29, 1.82) is 0 Å². The first-order valence-electron chi connectivity index (χ1n) is 22.9. The van der Waals surface area contributed by atoms with Gasteiger partial charge in [0.1, 0.15) is 34.3 Å². The number of benzene rings is 2. The van der Waals surface area contributed by atoms with Crippen molar-refractivity contribution in [3.8, 4) is 11.5 Å². The van der Waals surface area contributed by atoms with Crippen molar-refractivity contribution in [1.82, 2.24) is 33.9 Å². The quantitative estimate of drug-likeness (QED) is 0.0278. The second-order valence-corrected chi connectivity index (χ2v) is 21.7. The first-order chi connectivity index (χ1) is 34.2. The van der Waals surface area contributed by atoms with E-state index >= 15 is 0 Å². The standard InChI is InChI=1S/C25H36F2N6O5S.C20H24ClF2N5O4S/c1-15(2)19(14-34)29-9-4-12-39(36,37)33-10-7-16(8-11-33)31-25-30-13-17(24(28)32-25)23(35)21-20(38-3)6-5-18(26)22(21)27;1-32-15-4-3-14(22)17(23)16(15)18(29)13-11-25-20(27-19(13)24)26-12-5-8-28(9-6-12)33(30,31)10-2-7-21/h5-6,13,15-16,19,29,34H,4,7-12,14H2,1-3H3,(H3,28,30,31,32);3-4,11-12H,2,5-10H2,1H3,(H3,24,25,26,27)/t19-;/m0./s1. The lowest BCUT2D eigenvalue weighted by molar-refractivity contribution is 0.102. The third kappa shape index (κ3) is 14.6. The highest BCUT2D eigenvalue weighted by Crippen LogP contribution is 2.30. The Hall–Kier alpha value is -5.51. The highest BCUT2D eigenvalue weighted by atomic mass is 35.5. The van der Waals surface area contributed by atoms with Gasteiger partial charge in [0.05, 0.1) is 43.5 Å². The molecular weight excluding hydrogens is 1010 g/mol. The van der Waals surface area contributed by atoms with E-state index in [0.29, 0.717) is 71.2 Å². The van der Waals surface area contributed by atoms with Crippen LogP contribution in [-0.4, -0.2) is 151 Å². The number of hydrogen-bond acceptors (Lipinski definition) is 18. The summed E-state index contributed by atoms with van der Waals surface area (Å²) in [5.41, 5.74) is 10.2. The molecule has 4 heterocycles. The van der Waals surface area contributed by atoms with Gasteiger partial charge in [-0.2, -0.15) is 9.97 Å². The zero-order valence-corrected chi connectivity index (χ0v) is 42.5. The van der Waals surface area contributed by atoms with Crippen LogP contribution in [0, 0.1) is 29.2 Å². The second kappa shape index (κ2) is 25.9. The molecule has 396 valence electrons. The number of aliphatic hydroxyl groups is 1. The summed E-state index contributed by atoms with van der Waals surface area (Å²) in [6, 6.07) is 3.69. The molecule has 0 radical (unpaired) electrons. The number of sulfonamides is 2. The van der Waals surface area contributed by atoms with Crippen molar-refractivity contribution in [3.63, 3.8) is 0 Å². The summed E-state index contributed by atoms with van der Waals surface area (Å²) in [4.78, 5) is 42.0. The molecular formula is C45H60ClF4N11O9S2. The highest BCUT2D eigenvalue weighted by Gasteiger charge is 2.31. The molecule has 8 N–H and O–H groups in total. The molecule has 6 rings (SSSR count). The van der Waals surface area contributed by atoms with Crippen LogP contribution in [0.5, 0.6) is 11.5 Å². The Labute approximate surface area is 420 Å². The maximum absolute atomic E-state index is 14.4. The number of methoxy groups -OCH3 is 2. The van der Waals surface area contributed by atoms with Gasteiger partial charge in [-0.15, -0.1) is 11.6 Å². The molecule has 0 aliphatic carbocycles. The number of halogens is 5. The zero-order chi connectivity index (χ0) is 52.9. The topological polar surface area (TPSA) is 287 Å². The number of piperidine rings is 2. The van der Waals surface area contributed by atoms with E-state index in [0.717, 1.165) is 36.7 Å². The van der Waals surface area contributed by atoms with Gasteiger partial charge >= 0.3 is 0 Å². The highest BCUT2D eigenvalue weighted by molar-refractivity contribution is 7.89. The minimum atomic E-state index is -3.42. The molecule has 0 amide bonds. The lowest BCUT2D eigenvalue weighted by Crippen LogP contribution is -2.44. The fraction of sp³-hybridized carbons (Fsp3) is 0.511. The van der Waals surface area contributed by atoms with Gasteiger partial charge in [-0.1, -0.05) is 13.8 Å². The molecule has 2 saturated heterocycles. The van der Waals surface area contributed by atoms with Crippen molar-refractivity contribution in [2.45, 2.75) is 70.5 Å². The molecule has 2 aromatic heterocycles. The fourth-order valence-corrected chi connectivity index (χ4v) is 11.2. The summed E-state index contributed by atoms with van der Waals surface area (Å²) < 4.78 is 119. The van der Waals surface area contributed by atoms with Gasteiger partial charge < -0.3 is 42.0 Å². The van der Waals surface area contributed by atoms with Crippen LogP contribution in [0.25, 0.3) is 0 Å². The number of aromatic nitrogens is 4. The van der Waals surface area contributed by atoms with Gasteiger partial charge in [0.25, 0.3) is 0 Å². The first kappa shape index (κ1) is 57.4. The summed E-state index contributed by atoms with van der Waals surface area (Å²) in [6.45, 7) is 5.80. The maximum Gasteiger partial charge on any atom is 0.224 e. The molecule has 1 atom stereocenters. The van der Waals surface area contributed by atoms with Gasteiger partial charge in [0.2, 0.25) is 43.5 Å². The summed E-state index contributed by atoms with van der Waals surface area (Å²) in [6.07, 6.45) is 5.15. The number of anilines is 4. The number of carbonyl (C=O) groups excluding carboxylic acids is 2. The number of carbonyl (C=O) groups is 2. The van der Waals surface area contributed by atoms with Crippen molar-refractivity contribution < 1.29 is 58.6 Å². The van der Waals surface area contributed by atoms with Crippen LogP contribution >= 0.6 is 11.6 Å². The van der Waals surface area contributed by atoms with Crippen molar-refractivity contribution >= 4 is 66.7 Å². The van der Waals surface area contributed by atoms with E-state index in [-0.39, 0.29) is 94.2 Å². The third-order valence-electron chi connectivity index (χ3n) is 12.0. The van der Waals surface area contributed by atoms with Crippen LogP contribution in [0.15, 0.2) is 36.7 Å². The van der Waals surface area contributed by atoms with Crippen LogP contribution in [0.4, 0.5) is 41.1 Å². The van der Waals surface area contributed by atoms with Crippen molar-refractivity contribution in [2.24, 2.45) is 5.92 Å². The predicted molar refractivity (Wildman–Crippen MR) is 263 cm³/mol. The van der Waals surface area contributed by atoms with Gasteiger partial charge in [-0.3, -0.25) is 9.59 Å². The molecule has 72 heavy (non-hydrogen) atoms. The van der Waals surface area contributed by atoms with E-state index in [1.54, 1.807) is 0 Å². The van der Waals surface area contributed by atoms with Crippen LogP contribution in [0.3, 0.4) is 0 Å². The first-order valence-corrected chi connectivity index (χ1v) is 26.7. The van der Waals surface area contributed by atoms with Crippen LogP contribution in [0.1, 0.15) is 84.2 Å². The van der Waals surface area contributed by atoms with E-state index in [1.807, 2.05) is 13.8 Å². The normalized spacial score (nSPS) is 15.7. The molecule has 2 aromatic carbocycles. The van der Waals surface area contributed by atoms with E-state index in [9.17, 15) is 49.1 Å². The Morgan fingerprint density at radius 3 is 1.49 bits per heavy atom. The largest absolute Gasteiger partial charge is 0.496 e. The number of nitrogens with two attached hydrogens (primary N) is 2. The SMILES string of the molecule is COc1ccc(F)c(F)c1C(=O)c1cnc(NC2CCN(S(=O)(=O)CCCCl)CC2)nc1N.COc1ccc(F)c(F)c1C(=O)c1cnc(NC2CCN(S(=O)(=O)CCCN[C@@H](CO)C(C)C)CC2)nc1N. The average Bonchev–Trinajstić information content (AvgIpc) is 3.35. The molecule has 0 saturated carbocycles. The fourth-order valence-electron chi connectivity index (χ4n) is 7.85. The number of hydrogen-bond donors (Lipinski definition) is 6. The molecule has 2 aliphatic rings. The molecule has 0 unspecified atom stereocenters. The molecule has 2 fully saturated rings. The smallest absolute Gasteiger partial charge is 0.224 e. The monoisotopic (exact) mass is 1070 g/mol. The lowest BCUT2D eigenvalue weighted by atomic mass is 10.0. The Morgan fingerprint density at radius 1 is 0.736 bits per heavy atom. The van der Waals surface area contributed by atoms with E-state index in [2.05, 4.69) is 35.9 Å². The van der Waals surface area contributed by atoms with Crippen LogP contribution in [-0.2, 0) is 20.0 Å². The number of aliphatic hydroxyl groups excluding tert-OH is 1.